The molecular formula is C27H34N2O2. The normalized spacial score (nSPS) is 27.8. The number of rotatable bonds is 4. The van der Waals surface area contributed by atoms with Crippen LogP contribution in [0.5, 0.6) is 0 Å². The lowest BCUT2D eigenvalue weighted by molar-refractivity contribution is 0.0192. The van der Waals surface area contributed by atoms with Gasteiger partial charge in [0.1, 0.15) is 0 Å². The van der Waals surface area contributed by atoms with Crippen molar-refractivity contribution in [2.75, 3.05) is 13.1 Å². The number of fused-ring (bicyclic) bond motifs is 3. The minimum absolute atomic E-state index is 0.0303. The monoisotopic (exact) mass is 418 g/mol. The molecule has 2 heterocycles. The second-order valence-electron chi connectivity index (χ2n) is 10.4. The van der Waals surface area contributed by atoms with Crippen LogP contribution in [0.2, 0.25) is 0 Å². The number of carbonyl (C=O) groups is 1. The molecule has 4 aliphatic rings. The van der Waals surface area contributed by atoms with Gasteiger partial charge in [-0.05, 0) is 91.4 Å². The number of hydrogen-bond acceptors (Lipinski definition) is 3. The van der Waals surface area contributed by atoms with Crippen LogP contribution in [0.3, 0.4) is 0 Å². The molecule has 0 bridgehead atoms. The SMILES string of the molecule is O=C1c2cc(CN3CCC(C4CC4)CC3)c3ccccc3c2CN1C1CCCCC1O. The van der Waals surface area contributed by atoms with E-state index in [4.69, 9.17) is 0 Å². The highest BCUT2D eigenvalue weighted by Gasteiger charge is 2.38. The van der Waals surface area contributed by atoms with Crippen LogP contribution in [0.4, 0.5) is 0 Å². The van der Waals surface area contributed by atoms with Crippen LogP contribution in [-0.2, 0) is 13.1 Å². The van der Waals surface area contributed by atoms with Crippen LogP contribution in [0, 0.1) is 11.8 Å². The summed E-state index contributed by atoms with van der Waals surface area (Å²) in [5.74, 6) is 2.09. The van der Waals surface area contributed by atoms with E-state index in [0.29, 0.717) is 6.54 Å². The Bertz CT molecular complexity index is 990. The van der Waals surface area contributed by atoms with Crippen LogP contribution in [0.25, 0.3) is 10.8 Å². The first-order valence-corrected chi connectivity index (χ1v) is 12.4. The van der Waals surface area contributed by atoms with E-state index in [2.05, 4.69) is 35.2 Å². The zero-order valence-corrected chi connectivity index (χ0v) is 18.4. The molecule has 6 rings (SSSR count). The lowest BCUT2D eigenvalue weighted by atomic mass is 9.91. The van der Waals surface area contributed by atoms with Crippen molar-refractivity contribution in [3.63, 3.8) is 0 Å². The number of nitrogens with zero attached hydrogens (tertiary/aromatic N) is 2. The van der Waals surface area contributed by atoms with Gasteiger partial charge in [-0.25, -0.2) is 0 Å². The third-order valence-electron chi connectivity index (χ3n) is 8.47. The van der Waals surface area contributed by atoms with Crippen LogP contribution >= 0.6 is 0 Å². The number of amides is 1. The summed E-state index contributed by atoms with van der Waals surface area (Å²) in [5.41, 5.74) is 3.33. The summed E-state index contributed by atoms with van der Waals surface area (Å²) in [6.07, 6.45) is 9.09. The molecule has 2 aromatic rings. The summed E-state index contributed by atoms with van der Waals surface area (Å²) in [7, 11) is 0. The van der Waals surface area contributed by atoms with E-state index < -0.39 is 0 Å². The van der Waals surface area contributed by atoms with Gasteiger partial charge in [-0.15, -0.1) is 0 Å². The Labute approximate surface area is 185 Å². The highest BCUT2D eigenvalue weighted by atomic mass is 16.3. The van der Waals surface area contributed by atoms with E-state index in [1.165, 1.54) is 55.1 Å². The van der Waals surface area contributed by atoms with E-state index in [0.717, 1.165) is 55.2 Å². The van der Waals surface area contributed by atoms with Crippen molar-refractivity contribution in [2.45, 2.75) is 76.6 Å². The van der Waals surface area contributed by atoms with Gasteiger partial charge < -0.3 is 10.0 Å². The molecule has 1 N–H and O–H groups in total. The van der Waals surface area contributed by atoms with Gasteiger partial charge >= 0.3 is 0 Å². The minimum atomic E-state index is -0.384. The lowest BCUT2D eigenvalue weighted by Gasteiger charge is -2.35. The molecule has 0 aromatic heterocycles. The molecule has 1 saturated heterocycles. The maximum absolute atomic E-state index is 13.5. The topological polar surface area (TPSA) is 43.8 Å². The van der Waals surface area contributed by atoms with Crippen LogP contribution in [0.1, 0.15) is 72.9 Å². The summed E-state index contributed by atoms with van der Waals surface area (Å²) in [6, 6.07) is 10.8. The Hall–Kier alpha value is -1.91. The van der Waals surface area contributed by atoms with Crippen molar-refractivity contribution in [3.05, 3.63) is 47.0 Å². The van der Waals surface area contributed by atoms with E-state index in [-0.39, 0.29) is 18.1 Å². The van der Waals surface area contributed by atoms with Crippen LogP contribution in [-0.4, -0.2) is 46.0 Å². The largest absolute Gasteiger partial charge is 0.391 e. The van der Waals surface area contributed by atoms with Gasteiger partial charge in [0.15, 0.2) is 0 Å². The molecule has 1 amide bonds. The molecule has 2 aromatic carbocycles. The van der Waals surface area contributed by atoms with Crippen LogP contribution < -0.4 is 0 Å². The van der Waals surface area contributed by atoms with Gasteiger partial charge in [-0.2, -0.15) is 0 Å². The fourth-order valence-electron chi connectivity index (χ4n) is 6.51. The molecular weight excluding hydrogens is 384 g/mol. The van der Waals surface area contributed by atoms with Crippen molar-refractivity contribution in [1.82, 2.24) is 9.80 Å². The average molecular weight is 419 g/mol. The third kappa shape index (κ3) is 3.58. The third-order valence-corrected chi connectivity index (χ3v) is 8.47. The van der Waals surface area contributed by atoms with Crippen molar-refractivity contribution in [1.29, 1.82) is 0 Å². The van der Waals surface area contributed by atoms with E-state index >= 15 is 0 Å². The van der Waals surface area contributed by atoms with Gasteiger partial charge in [-0.1, -0.05) is 37.1 Å². The van der Waals surface area contributed by atoms with Crippen LogP contribution in [0.15, 0.2) is 30.3 Å². The number of likely N-dealkylation sites (tertiary alicyclic amines) is 1. The zero-order chi connectivity index (χ0) is 20.9. The van der Waals surface area contributed by atoms with Crippen molar-refractivity contribution >= 4 is 16.7 Å². The second-order valence-corrected chi connectivity index (χ2v) is 10.4. The molecule has 2 atom stereocenters. The molecule has 2 saturated carbocycles. The van der Waals surface area contributed by atoms with Crippen molar-refractivity contribution < 1.29 is 9.90 Å². The number of piperidine rings is 1. The van der Waals surface area contributed by atoms with E-state index in [1.807, 2.05) is 4.90 Å². The average Bonchev–Trinajstić information content (AvgIpc) is 3.60. The molecule has 0 radical (unpaired) electrons. The first kappa shape index (κ1) is 19.8. The molecule has 4 heteroatoms. The van der Waals surface area contributed by atoms with Crippen molar-refractivity contribution in [3.8, 4) is 0 Å². The summed E-state index contributed by atoms with van der Waals surface area (Å²) in [6.45, 7) is 3.94. The highest BCUT2D eigenvalue weighted by molar-refractivity contribution is 6.05. The molecule has 2 aliphatic carbocycles. The van der Waals surface area contributed by atoms with Gasteiger partial charge in [0, 0.05) is 18.7 Å². The predicted octanol–water partition coefficient (Wildman–Crippen LogP) is 4.72. The van der Waals surface area contributed by atoms with Gasteiger partial charge in [0.25, 0.3) is 5.91 Å². The summed E-state index contributed by atoms with van der Waals surface area (Å²) >= 11 is 0. The fourth-order valence-corrected chi connectivity index (χ4v) is 6.51. The zero-order valence-electron chi connectivity index (χ0n) is 18.4. The first-order valence-electron chi connectivity index (χ1n) is 12.4. The lowest BCUT2D eigenvalue weighted by Crippen LogP contribution is -2.45. The smallest absolute Gasteiger partial charge is 0.254 e. The number of aliphatic hydroxyl groups excluding tert-OH is 1. The standard InChI is InChI=1S/C27H34N2O2/c30-26-8-4-3-7-25(26)29-17-24-22-6-2-1-5-21(22)20(15-23(24)27(29)31)16-28-13-11-19(12-14-28)18-9-10-18/h1-2,5-6,15,18-19,25-26,30H,3-4,7-14,16-17H2. The molecule has 31 heavy (non-hydrogen) atoms. The van der Waals surface area contributed by atoms with Gasteiger partial charge in [0.2, 0.25) is 0 Å². The molecule has 0 spiro atoms. The van der Waals surface area contributed by atoms with Gasteiger partial charge in [-0.3, -0.25) is 9.69 Å². The number of benzene rings is 2. The van der Waals surface area contributed by atoms with Gasteiger partial charge in [0.05, 0.1) is 12.1 Å². The molecule has 2 unspecified atom stereocenters. The highest BCUT2D eigenvalue weighted by Crippen LogP contribution is 2.42. The minimum Gasteiger partial charge on any atom is -0.391 e. The number of hydrogen-bond donors (Lipinski definition) is 1. The summed E-state index contributed by atoms with van der Waals surface area (Å²) in [4.78, 5) is 18.0. The number of aliphatic hydroxyl groups is 1. The summed E-state index contributed by atoms with van der Waals surface area (Å²) < 4.78 is 0. The van der Waals surface area contributed by atoms with E-state index in [9.17, 15) is 9.90 Å². The summed E-state index contributed by atoms with van der Waals surface area (Å²) in [5, 5.41) is 13.1. The molecule has 3 fully saturated rings. The Balaban J connectivity index is 1.29. The fraction of sp³-hybridized carbons (Fsp3) is 0.593. The Morgan fingerprint density at radius 3 is 2.35 bits per heavy atom. The quantitative estimate of drug-likeness (QED) is 0.781. The Morgan fingerprint density at radius 2 is 1.61 bits per heavy atom. The maximum atomic E-state index is 13.5. The number of carbonyl (C=O) groups excluding carboxylic acids is 1. The Kier molecular flexibility index (Phi) is 5.03. The van der Waals surface area contributed by atoms with E-state index in [1.54, 1.807) is 0 Å². The second kappa shape index (κ2) is 7.90. The maximum Gasteiger partial charge on any atom is 0.254 e. The molecule has 164 valence electrons. The molecule has 2 aliphatic heterocycles. The Morgan fingerprint density at radius 1 is 0.903 bits per heavy atom. The molecule has 4 nitrogen and oxygen atoms in total. The first-order chi connectivity index (χ1) is 15.2. The predicted molar refractivity (Wildman–Crippen MR) is 123 cm³/mol. The van der Waals surface area contributed by atoms with Crippen molar-refractivity contribution in [2.24, 2.45) is 11.8 Å².